The van der Waals surface area contributed by atoms with Crippen molar-refractivity contribution in [3.05, 3.63) is 40.6 Å². The molecule has 0 spiro atoms. The molecule has 1 fully saturated rings. The van der Waals surface area contributed by atoms with Crippen LogP contribution >= 0.6 is 0 Å². The van der Waals surface area contributed by atoms with E-state index in [1.54, 1.807) is 12.1 Å². The van der Waals surface area contributed by atoms with Gasteiger partial charge >= 0.3 is 0 Å². The lowest BCUT2D eigenvalue weighted by Crippen LogP contribution is -2.24. The molecule has 1 aliphatic rings. The lowest BCUT2D eigenvalue weighted by Gasteiger charge is -2.14. The molecule has 92 valence electrons. The Labute approximate surface area is 99.0 Å². The molecule has 2 rings (SSSR count). The Bertz CT molecular complexity index is 383. The van der Waals surface area contributed by atoms with Crippen molar-refractivity contribution >= 4 is 0 Å². The van der Waals surface area contributed by atoms with Crippen LogP contribution in [0.1, 0.15) is 11.5 Å². The normalized spacial score (nSPS) is 25.1. The fourth-order valence-electron chi connectivity index (χ4n) is 2.33. The fourth-order valence-corrected chi connectivity index (χ4v) is 2.33. The van der Waals surface area contributed by atoms with E-state index in [-0.39, 0.29) is 24.4 Å². The number of rotatable bonds is 4. The summed E-state index contributed by atoms with van der Waals surface area (Å²) in [7, 11) is 0. The van der Waals surface area contributed by atoms with Crippen molar-refractivity contribution in [2.45, 2.75) is 12.0 Å². The van der Waals surface area contributed by atoms with Gasteiger partial charge in [0.1, 0.15) is 11.9 Å². The highest BCUT2D eigenvalue weighted by molar-refractivity contribution is 5.24. The lowest BCUT2D eigenvalue weighted by atomic mass is 9.95. The molecular weight excluding hydrogens is 223 g/mol. The van der Waals surface area contributed by atoms with E-state index < -0.39 is 0 Å². The molecule has 1 aliphatic heterocycles. The molecule has 0 aliphatic carbocycles. The van der Waals surface area contributed by atoms with Crippen LogP contribution < -0.4 is 0 Å². The number of nitrogens with zero attached hydrogens (tertiary/aromatic N) is 2. The van der Waals surface area contributed by atoms with Gasteiger partial charge in [-0.1, -0.05) is 17.3 Å². The van der Waals surface area contributed by atoms with E-state index in [1.807, 2.05) is 4.90 Å². The van der Waals surface area contributed by atoms with Gasteiger partial charge in [-0.05, 0) is 17.7 Å². The summed E-state index contributed by atoms with van der Waals surface area (Å²) in [6.07, 6.45) is 0. The number of β-amino-alcohol motifs (C(OH)–C–C–N with tert-alkyl or cyclic N) is 1. The summed E-state index contributed by atoms with van der Waals surface area (Å²) in [5, 5.41) is 12.0. The lowest BCUT2D eigenvalue weighted by molar-refractivity contribution is 0.219. The minimum absolute atomic E-state index is 0.000324. The summed E-state index contributed by atoms with van der Waals surface area (Å²) < 4.78 is 12.8. The number of likely N-dealkylation sites (tertiary alicyclic amines) is 1. The van der Waals surface area contributed by atoms with Crippen LogP contribution in [0.3, 0.4) is 0 Å². The zero-order valence-electron chi connectivity index (χ0n) is 9.42. The van der Waals surface area contributed by atoms with Crippen molar-refractivity contribution < 1.29 is 9.50 Å². The van der Waals surface area contributed by atoms with Crippen LogP contribution in [0, 0.1) is 10.7 Å². The number of hydrogen-bond donors (Lipinski definition) is 1. The Morgan fingerprint density at radius 2 is 2.06 bits per heavy atom. The second-order valence-corrected chi connectivity index (χ2v) is 4.31. The maximum atomic E-state index is 12.8. The smallest absolute Gasteiger partial charge is 0.123 e. The first kappa shape index (κ1) is 12.1. The number of halogens is 1. The van der Waals surface area contributed by atoms with Crippen LogP contribution in [0.2, 0.25) is 0 Å². The first-order valence-corrected chi connectivity index (χ1v) is 5.65. The van der Waals surface area contributed by atoms with Gasteiger partial charge in [-0.25, -0.2) is 4.39 Å². The van der Waals surface area contributed by atoms with Gasteiger partial charge in [0.2, 0.25) is 0 Å². The average Bonchev–Trinajstić information content (AvgIpc) is 2.74. The van der Waals surface area contributed by atoms with Crippen LogP contribution in [-0.2, 0) is 0 Å². The molecule has 2 unspecified atom stereocenters. The molecule has 0 amide bonds. The minimum Gasteiger partial charge on any atom is -0.395 e. The Kier molecular flexibility index (Phi) is 3.81. The maximum Gasteiger partial charge on any atom is 0.123 e. The first-order valence-electron chi connectivity index (χ1n) is 5.65. The Hall–Kier alpha value is -1.33. The summed E-state index contributed by atoms with van der Waals surface area (Å²) in [6.45, 7) is 1.86. The van der Waals surface area contributed by atoms with Crippen LogP contribution in [-0.4, -0.2) is 42.3 Å². The number of benzene rings is 1. The van der Waals surface area contributed by atoms with Gasteiger partial charge < -0.3 is 5.11 Å². The third-order valence-corrected chi connectivity index (χ3v) is 3.21. The summed E-state index contributed by atoms with van der Waals surface area (Å²) >= 11 is 0. The van der Waals surface area contributed by atoms with Crippen molar-refractivity contribution in [3.63, 3.8) is 0 Å². The van der Waals surface area contributed by atoms with Gasteiger partial charge in [0.15, 0.2) is 0 Å². The van der Waals surface area contributed by atoms with E-state index in [0.717, 1.165) is 5.56 Å². The van der Waals surface area contributed by atoms with Crippen LogP contribution in [0.4, 0.5) is 4.39 Å². The molecule has 2 atom stereocenters. The molecule has 4 nitrogen and oxygen atoms in total. The molecular formula is C12H15FN2O2. The van der Waals surface area contributed by atoms with E-state index in [1.165, 1.54) is 12.1 Å². The molecule has 0 radical (unpaired) electrons. The molecule has 1 N–H and O–H groups in total. The van der Waals surface area contributed by atoms with E-state index in [4.69, 9.17) is 5.11 Å². The molecule has 5 heteroatoms. The molecule has 1 saturated heterocycles. The van der Waals surface area contributed by atoms with Gasteiger partial charge in [0.05, 0.1) is 6.61 Å². The van der Waals surface area contributed by atoms with Crippen molar-refractivity contribution in [2.24, 2.45) is 5.18 Å². The van der Waals surface area contributed by atoms with Gasteiger partial charge in [-0.2, -0.15) is 4.91 Å². The molecule has 0 aromatic heterocycles. The predicted octanol–water partition coefficient (Wildman–Crippen LogP) is 1.35. The Morgan fingerprint density at radius 1 is 1.35 bits per heavy atom. The van der Waals surface area contributed by atoms with Gasteiger partial charge in [0.25, 0.3) is 0 Å². The zero-order chi connectivity index (χ0) is 12.3. The quantitative estimate of drug-likeness (QED) is 0.806. The van der Waals surface area contributed by atoms with Crippen molar-refractivity contribution in [1.29, 1.82) is 0 Å². The minimum atomic E-state index is -0.313. The molecule has 1 aromatic carbocycles. The third-order valence-electron chi connectivity index (χ3n) is 3.21. The summed E-state index contributed by atoms with van der Waals surface area (Å²) in [4.78, 5) is 12.8. The number of nitroso groups, excluding NO2 is 1. The van der Waals surface area contributed by atoms with Crippen LogP contribution in [0.5, 0.6) is 0 Å². The van der Waals surface area contributed by atoms with Crippen LogP contribution in [0.15, 0.2) is 29.4 Å². The van der Waals surface area contributed by atoms with Crippen molar-refractivity contribution in [1.82, 2.24) is 4.90 Å². The third kappa shape index (κ3) is 2.68. The summed E-state index contributed by atoms with van der Waals surface area (Å²) in [6, 6.07) is 5.87. The number of hydrogen-bond acceptors (Lipinski definition) is 4. The van der Waals surface area contributed by atoms with Gasteiger partial charge in [-0.15, -0.1) is 0 Å². The predicted molar refractivity (Wildman–Crippen MR) is 62.2 cm³/mol. The standard InChI is InChI=1S/C12H15FN2O2/c13-10-3-1-9(2-4-10)11-7-15(5-6-16)8-12(11)14-17/h1-4,11-12,16H,5-8H2. The molecule has 1 aromatic rings. The molecule has 0 bridgehead atoms. The zero-order valence-corrected chi connectivity index (χ0v) is 9.42. The molecule has 1 heterocycles. The maximum absolute atomic E-state index is 12.8. The van der Waals surface area contributed by atoms with Gasteiger partial charge in [0, 0.05) is 25.6 Å². The van der Waals surface area contributed by atoms with Crippen molar-refractivity contribution in [3.8, 4) is 0 Å². The highest BCUT2D eigenvalue weighted by Crippen LogP contribution is 2.29. The van der Waals surface area contributed by atoms with E-state index in [2.05, 4.69) is 5.18 Å². The fraction of sp³-hybridized carbons (Fsp3) is 0.500. The second kappa shape index (κ2) is 5.33. The van der Waals surface area contributed by atoms with E-state index in [0.29, 0.717) is 19.6 Å². The van der Waals surface area contributed by atoms with E-state index in [9.17, 15) is 9.30 Å². The highest BCUT2D eigenvalue weighted by atomic mass is 19.1. The summed E-state index contributed by atoms with van der Waals surface area (Å²) in [5.41, 5.74) is 0.927. The Morgan fingerprint density at radius 3 is 2.65 bits per heavy atom. The highest BCUT2D eigenvalue weighted by Gasteiger charge is 2.34. The van der Waals surface area contributed by atoms with Crippen LogP contribution in [0.25, 0.3) is 0 Å². The SMILES string of the molecule is O=NC1CN(CCO)CC1c1ccc(F)cc1. The number of aliphatic hydroxyl groups excluding tert-OH is 1. The second-order valence-electron chi connectivity index (χ2n) is 4.31. The summed E-state index contributed by atoms with van der Waals surface area (Å²) in [5.74, 6) is -0.283. The first-order chi connectivity index (χ1) is 8.24. The topological polar surface area (TPSA) is 52.9 Å². The monoisotopic (exact) mass is 238 g/mol. The molecule has 17 heavy (non-hydrogen) atoms. The van der Waals surface area contributed by atoms with E-state index >= 15 is 0 Å². The Balaban J connectivity index is 2.13. The average molecular weight is 238 g/mol. The molecule has 0 saturated carbocycles. The van der Waals surface area contributed by atoms with Gasteiger partial charge in [-0.3, -0.25) is 4.90 Å². The van der Waals surface area contributed by atoms with Crippen molar-refractivity contribution in [2.75, 3.05) is 26.2 Å². The largest absolute Gasteiger partial charge is 0.395 e. The number of aliphatic hydroxyl groups is 1.